The van der Waals surface area contributed by atoms with Gasteiger partial charge < -0.3 is 0 Å². The molecule has 1 aromatic carbocycles. The van der Waals surface area contributed by atoms with Crippen molar-refractivity contribution in [2.45, 2.75) is 0 Å². The lowest BCUT2D eigenvalue weighted by atomic mass is 10.2. The summed E-state index contributed by atoms with van der Waals surface area (Å²) in [6, 6.07) is 6.26. The summed E-state index contributed by atoms with van der Waals surface area (Å²) in [5.41, 5.74) is 4.99. The predicted molar refractivity (Wildman–Crippen MR) is 77.9 cm³/mol. The van der Waals surface area contributed by atoms with E-state index in [4.69, 9.17) is 0 Å². The maximum Gasteiger partial charge on any atom is 0.146 e. The number of aromatic nitrogens is 4. The Balaban J connectivity index is 1.90. The van der Waals surface area contributed by atoms with Gasteiger partial charge in [-0.15, -0.1) is 11.3 Å². The Labute approximate surface area is 117 Å². The van der Waals surface area contributed by atoms with E-state index in [1.165, 1.54) is 16.2 Å². The summed E-state index contributed by atoms with van der Waals surface area (Å²) in [4.78, 5) is 8.77. The number of hydrogen-bond acceptors (Lipinski definition) is 5. The molecule has 0 radical (unpaired) electrons. The minimum Gasteiger partial charge on any atom is -0.300 e. The fourth-order valence-electron chi connectivity index (χ4n) is 2.04. The van der Waals surface area contributed by atoms with Gasteiger partial charge in [-0.2, -0.15) is 0 Å². The van der Waals surface area contributed by atoms with Gasteiger partial charge in [0, 0.05) is 29.0 Å². The molecule has 19 heavy (non-hydrogen) atoms. The van der Waals surface area contributed by atoms with Crippen LogP contribution >= 0.6 is 22.9 Å². The van der Waals surface area contributed by atoms with Crippen molar-refractivity contribution in [1.82, 2.24) is 18.9 Å². The Bertz CT molecular complexity index is 829. The first-order valence-electron chi connectivity index (χ1n) is 5.68. The van der Waals surface area contributed by atoms with Crippen molar-refractivity contribution < 1.29 is 0 Å². The number of hydrogen-bond donors (Lipinski definition) is 0. The fraction of sp³-hybridized carbons (Fsp3) is 0. The predicted octanol–water partition coefficient (Wildman–Crippen LogP) is 3.61. The summed E-state index contributed by atoms with van der Waals surface area (Å²) < 4.78 is 7.39. The normalized spacial score (nSPS) is 11.2. The van der Waals surface area contributed by atoms with Gasteiger partial charge in [0.05, 0.1) is 21.9 Å². The number of rotatable bonds is 2. The van der Waals surface area contributed by atoms with Crippen LogP contribution in [0, 0.1) is 0 Å². The Kier molecular flexibility index (Phi) is 2.43. The van der Waals surface area contributed by atoms with Crippen LogP contribution in [0.25, 0.3) is 27.3 Å². The van der Waals surface area contributed by atoms with Gasteiger partial charge in [0.2, 0.25) is 0 Å². The molecule has 92 valence electrons. The molecule has 0 fully saturated rings. The second-order valence-electron chi connectivity index (χ2n) is 4.04. The zero-order valence-corrected chi connectivity index (χ0v) is 11.4. The van der Waals surface area contributed by atoms with Gasteiger partial charge in [0.1, 0.15) is 5.82 Å². The monoisotopic (exact) mass is 284 g/mol. The molecule has 0 saturated carbocycles. The van der Waals surface area contributed by atoms with E-state index in [-0.39, 0.29) is 0 Å². The molecule has 0 N–H and O–H groups in total. The van der Waals surface area contributed by atoms with Gasteiger partial charge in [0.15, 0.2) is 0 Å². The summed E-state index contributed by atoms with van der Waals surface area (Å²) in [5, 5.41) is 2.00. The van der Waals surface area contributed by atoms with Crippen LogP contribution in [0.15, 0.2) is 47.7 Å². The molecular formula is C13H8N4S2. The minimum absolute atomic E-state index is 0.906. The lowest BCUT2D eigenvalue weighted by Gasteiger charge is -2.06. The van der Waals surface area contributed by atoms with Crippen molar-refractivity contribution in [2.24, 2.45) is 0 Å². The standard InChI is InChI=1S/C13H8N4S2/c1-2-12-11(15-8-18-12)5-10(1)17-4-3-14-13(17)9-6-16-19-7-9/h1-8H. The summed E-state index contributed by atoms with van der Waals surface area (Å²) in [6.07, 6.45) is 5.60. The van der Waals surface area contributed by atoms with E-state index in [1.807, 2.05) is 23.3 Å². The van der Waals surface area contributed by atoms with E-state index in [2.05, 4.69) is 37.1 Å². The first-order valence-corrected chi connectivity index (χ1v) is 7.40. The molecule has 0 unspecified atom stereocenters. The van der Waals surface area contributed by atoms with Gasteiger partial charge >= 0.3 is 0 Å². The van der Waals surface area contributed by atoms with E-state index in [0.717, 1.165) is 22.6 Å². The van der Waals surface area contributed by atoms with Gasteiger partial charge in [0.25, 0.3) is 0 Å². The van der Waals surface area contributed by atoms with Crippen LogP contribution in [-0.2, 0) is 0 Å². The number of benzene rings is 1. The zero-order valence-electron chi connectivity index (χ0n) is 9.72. The van der Waals surface area contributed by atoms with E-state index < -0.39 is 0 Å². The van der Waals surface area contributed by atoms with Crippen molar-refractivity contribution in [3.8, 4) is 17.1 Å². The topological polar surface area (TPSA) is 43.6 Å². The number of thiazole rings is 1. The van der Waals surface area contributed by atoms with Crippen LogP contribution in [-0.4, -0.2) is 18.9 Å². The molecule has 0 aliphatic carbocycles. The Morgan fingerprint density at radius 3 is 3.05 bits per heavy atom. The highest BCUT2D eigenvalue weighted by atomic mass is 32.1. The van der Waals surface area contributed by atoms with Crippen LogP contribution in [0.3, 0.4) is 0 Å². The first-order chi connectivity index (χ1) is 9.42. The largest absolute Gasteiger partial charge is 0.300 e. The number of nitrogens with zero attached hydrogens (tertiary/aromatic N) is 4. The van der Waals surface area contributed by atoms with Crippen LogP contribution in [0.2, 0.25) is 0 Å². The average Bonchev–Trinajstić information content (AvgIpc) is 3.18. The second kappa shape index (κ2) is 4.25. The Morgan fingerprint density at radius 2 is 2.16 bits per heavy atom. The molecule has 4 aromatic rings. The highest BCUT2D eigenvalue weighted by Gasteiger charge is 2.09. The molecule has 4 rings (SSSR count). The van der Waals surface area contributed by atoms with Gasteiger partial charge in [-0.3, -0.25) is 4.57 Å². The maximum absolute atomic E-state index is 4.41. The van der Waals surface area contributed by atoms with Crippen LogP contribution < -0.4 is 0 Å². The number of fused-ring (bicyclic) bond motifs is 1. The average molecular weight is 284 g/mol. The lowest BCUT2D eigenvalue weighted by Crippen LogP contribution is -1.95. The highest BCUT2D eigenvalue weighted by Crippen LogP contribution is 2.25. The lowest BCUT2D eigenvalue weighted by molar-refractivity contribution is 1.07. The zero-order chi connectivity index (χ0) is 12.7. The number of imidazole rings is 1. The van der Waals surface area contributed by atoms with Crippen LogP contribution in [0.5, 0.6) is 0 Å². The van der Waals surface area contributed by atoms with E-state index >= 15 is 0 Å². The van der Waals surface area contributed by atoms with Crippen molar-refractivity contribution in [3.63, 3.8) is 0 Å². The van der Waals surface area contributed by atoms with Crippen molar-refractivity contribution >= 4 is 33.1 Å². The minimum atomic E-state index is 0.906. The summed E-state index contributed by atoms with van der Waals surface area (Å²) >= 11 is 3.08. The van der Waals surface area contributed by atoms with Crippen molar-refractivity contribution in [3.05, 3.63) is 47.7 Å². The summed E-state index contributed by atoms with van der Waals surface area (Å²) in [7, 11) is 0. The third-order valence-electron chi connectivity index (χ3n) is 2.92. The molecule has 3 heterocycles. The molecule has 4 nitrogen and oxygen atoms in total. The van der Waals surface area contributed by atoms with E-state index in [0.29, 0.717) is 0 Å². The molecule has 0 atom stereocenters. The fourth-order valence-corrected chi connectivity index (χ4v) is 3.21. The first kappa shape index (κ1) is 10.8. The SMILES string of the molecule is c1cn(-c2ccc3scnc3c2)c(-c2cnsc2)n1. The molecule has 0 amide bonds. The highest BCUT2D eigenvalue weighted by molar-refractivity contribution is 7.16. The van der Waals surface area contributed by atoms with Gasteiger partial charge in [-0.05, 0) is 29.7 Å². The summed E-state index contributed by atoms with van der Waals surface area (Å²) in [6.45, 7) is 0. The van der Waals surface area contributed by atoms with E-state index in [9.17, 15) is 0 Å². The maximum atomic E-state index is 4.41. The van der Waals surface area contributed by atoms with Crippen LogP contribution in [0.4, 0.5) is 0 Å². The molecule has 0 spiro atoms. The molecule has 3 aromatic heterocycles. The molecule has 0 saturated heterocycles. The summed E-state index contributed by atoms with van der Waals surface area (Å²) in [5.74, 6) is 0.906. The smallest absolute Gasteiger partial charge is 0.146 e. The van der Waals surface area contributed by atoms with E-state index in [1.54, 1.807) is 17.5 Å². The van der Waals surface area contributed by atoms with Crippen LogP contribution in [0.1, 0.15) is 0 Å². The second-order valence-corrected chi connectivity index (χ2v) is 5.58. The van der Waals surface area contributed by atoms with Gasteiger partial charge in [-0.25, -0.2) is 14.3 Å². The third-order valence-corrected chi connectivity index (χ3v) is 4.32. The molecule has 0 aliphatic heterocycles. The van der Waals surface area contributed by atoms with Gasteiger partial charge in [-0.1, -0.05) is 0 Å². The van der Waals surface area contributed by atoms with Crippen molar-refractivity contribution in [2.75, 3.05) is 0 Å². The Morgan fingerprint density at radius 1 is 1.16 bits per heavy atom. The molecule has 0 aliphatic rings. The Hall–Kier alpha value is -2.05. The molecule has 0 bridgehead atoms. The van der Waals surface area contributed by atoms with Crippen molar-refractivity contribution in [1.29, 1.82) is 0 Å². The molecular weight excluding hydrogens is 276 g/mol. The third kappa shape index (κ3) is 1.76. The molecule has 6 heteroatoms. The quantitative estimate of drug-likeness (QED) is 0.565.